The third kappa shape index (κ3) is 2.51. The maximum absolute atomic E-state index is 5.84. The van der Waals surface area contributed by atoms with Gasteiger partial charge in [-0.15, -0.1) is 0 Å². The van der Waals surface area contributed by atoms with Crippen LogP contribution in [0.25, 0.3) is 11.3 Å². The molecule has 1 fully saturated rings. The van der Waals surface area contributed by atoms with Gasteiger partial charge in [-0.1, -0.05) is 21.1 Å². The molecule has 0 saturated heterocycles. The van der Waals surface area contributed by atoms with E-state index in [1.54, 1.807) is 6.07 Å². The molecule has 3 rings (SSSR count). The molecule has 0 amide bonds. The Kier molecular flexibility index (Phi) is 2.99. The molecule has 94 valence electrons. The number of hydrogen-bond donors (Lipinski definition) is 1. The summed E-state index contributed by atoms with van der Waals surface area (Å²) in [5, 5.41) is 3.93. The molecule has 1 heterocycles. The summed E-state index contributed by atoms with van der Waals surface area (Å²) in [4.78, 5) is 0. The van der Waals surface area contributed by atoms with Crippen molar-refractivity contribution in [3.8, 4) is 17.0 Å². The van der Waals surface area contributed by atoms with E-state index >= 15 is 0 Å². The number of rotatable bonds is 4. The third-order valence-corrected chi connectivity index (χ3v) is 3.41. The fraction of sp³-hybridized carbons (Fsp3) is 0.308. The Bertz CT molecular complexity index is 564. The molecule has 0 aliphatic heterocycles. The Morgan fingerprint density at radius 2 is 2.22 bits per heavy atom. The van der Waals surface area contributed by atoms with Crippen LogP contribution in [0, 0.1) is 5.92 Å². The van der Waals surface area contributed by atoms with Crippen LogP contribution >= 0.6 is 15.9 Å². The van der Waals surface area contributed by atoms with Gasteiger partial charge >= 0.3 is 0 Å². The summed E-state index contributed by atoms with van der Waals surface area (Å²) in [6.45, 7) is 0.766. The van der Waals surface area contributed by atoms with E-state index < -0.39 is 0 Å². The molecule has 0 bridgehead atoms. The monoisotopic (exact) mass is 308 g/mol. The van der Waals surface area contributed by atoms with Gasteiger partial charge in [0.05, 0.1) is 6.61 Å². The van der Waals surface area contributed by atoms with Crippen molar-refractivity contribution in [2.24, 2.45) is 5.92 Å². The molecular formula is C13H13BrN2O2. The van der Waals surface area contributed by atoms with Crippen LogP contribution in [-0.4, -0.2) is 11.8 Å². The number of nitrogen functional groups attached to an aromatic ring is 1. The molecule has 1 saturated carbocycles. The molecule has 4 nitrogen and oxygen atoms in total. The summed E-state index contributed by atoms with van der Waals surface area (Å²) in [5.74, 6) is 1.83. The van der Waals surface area contributed by atoms with E-state index in [-0.39, 0.29) is 0 Å². The molecule has 0 atom stereocenters. The largest absolute Gasteiger partial charge is 0.493 e. The maximum Gasteiger partial charge on any atom is 0.222 e. The molecule has 0 radical (unpaired) electrons. The predicted octanol–water partition coefficient (Wildman–Crippen LogP) is 3.48. The first-order chi connectivity index (χ1) is 8.72. The number of ether oxygens (including phenoxy) is 1. The number of benzene rings is 1. The molecule has 1 aliphatic carbocycles. The minimum Gasteiger partial charge on any atom is -0.493 e. The van der Waals surface area contributed by atoms with Gasteiger partial charge in [0.25, 0.3) is 0 Å². The predicted molar refractivity (Wildman–Crippen MR) is 72.3 cm³/mol. The normalized spacial score (nSPS) is 14.7. The molecule has 1 aromatic heterocycles. The van der Waals surface area contributed by atoms with Crippen LogP contribution in [0.5, 0.6) is 5.75 Å². The zero-order chi connectivity index (χ0) is 12.5. The molecule has 18 heavy (non-hydrogen) atoms. The van der Waals surface area contributed by atoms with Gasteiger partial charge in [-0.25, -0.2) is 0 Å². The Balaban J connectivity index is 1.91. The lowest BCUT2D eigenvalue weighted by atomic mass is 10.1. The minimum atomic E-state index is 0.304. The fourth-order valence-corrected chi connectivity index (χ4v) is 2.10. The second kappa shape index (κ2) is 4.65. The smallest absolute Gasteiger partial charge is 0.222 e. The van der Waals surface area contributed by atoms with Crippen LogP contribution in [0.3, 0.4) is 0 Å². The van der Waals surface area contributed by atoms with Crippen LogP contribution in [0.4, 0.5) is 5.88 Å². The van der Waals surface area contributed by atoms with Crippen LogP contribution in [-0.2, 0) is 0 Å². The first-order valence-electron chi connectivity index (χ1n) is 5.87. The van der Waals surface area contributed by atoms with E-state index in [0.717, 1.165) is 22.4 Å². The lowest BCUT2D eigenvalue weighted by Gasteiger charge is -2.09. The van der Waals surface area contributed by atoms with Gasteiger partial charge in [0.2, 0.25) is 5.88 Å². The molecule has 5 heteroatoms. The molecule has 2 N–H and O–H groups in total. The van der Waals surface area contributed by atoms with Crippen LogP contribution < -0.4 is 10.5 Å². The highest BCUT2D eigenvalue weighted by atomic mass is 79.9. The highest BCUT2D eigenvalue weighted by Gasteiger charge is 2.22. The van der Waals surface area contributed by atoms with E-state index in [1.807, 2.05) is 18.2 Å². The molecule has 0 spiro atoms. The SMILES string of the molecule is Nc1cc(-c2cc(Br)ccc2OCC2CC2)no1. The highest BCUT2D eigenvalue weighted by Crippen LogP contribution is 2.35. The van der Waals surface area contributed by atoms with Crippen molar-refractivity contribution < 1.29 is 9.26 Å². The van der Waals surface area contributed by atoms with Crippen LogP contribution in [0.15, 0.2) is 33.3 Å². The van der Waals surface area contributed by atoms with E-state index in [9.17, 15) is 0 Å². The first-order valence-corrected chi connectivity index (χ1v) is 6.66. The van der Waals surface area contributed by atoms with Crippen molar-refractivity contribution in [1.82, 2.24) is 5.16 Å². The lowest BCUT2D eigenvalue weighted by molar-refractivity contribution is 0.300. The Hall–Kier alpha value is -1.49. The number of anilines is 1. The van der Waals surface area contributed by atoms with Crippen molar-refractivity contribution in [3.63, 3.8) is 0 Å². The molecule has 0 unspecified atom stereocenters. The minimum absolute atomic E-state index is 0.304. The summed E-state index contributed by atoms with van der Waals surface area (Å²) >= 11 is 3.45. The van der Waals surface area contributed by atoms with E-state index in [4.69, 9.17) is 15.0 Å². The topological polar surface area (TPSA) is 61.3 Å². The highest BCUT2D eigenvalue weighted by molar-refractivity contribution is 9.10. The van der Waals surface area contributed by atoms with E-state index in [0.29, 0.717) is 17.5 Å². The van der Waals surface area contributed by atoms with Gasteiger partial charge in [0, 0.05) is 16.1 Å². The second-order valence-electron chi connectivity index (χ2n) is 4.51. The molecule has 2 aromatic rings. The zero-order valence-corrected chi connectivity index (χ0v) is 11.3. The third-order valence-electron chi connectivity index (χ3n) is 2.92. The van der Waals surface area contributed by atoms with Gasteiger partial charge < -0.3 is 15.0 Å². The first kappa shape index (κ1) is 11.6. The number of halogens is 1. The standard InChI is InChI=1S/C13H13BrN2O2/c14-9-3-4-12(17-7-8-1-2-8)10(5-9)11-6-13(15)18-16-11/h3-6,8H,1-2,7,15H2. The second-order valence-corrected chi connectivity index (χ2v) is 5.43. The molecular weight excluding hydrogens is 296 g/mol. The number of nitrogens with zero attached hydrogens (tertiary/aromatic N) is 1. The Labute approximate surface area is 113 Å². The van der Waals surface area contributed by atoms with Crippen molar-refractivity contribution >= 4 is 21.8 Å². The van der Waals surface area contributed by atoms with Crippen molar-refractivity contribution in [1.29, 1.82) is 0 Å². The molecule has 1 aliphatic rings. The van der Waals surface area contributed by atoms with Crippen molar-refractivity contribution in [3.05, 3.63) is 28.7 Å². The van der Waals surface area contributed by atoms with Gasteiger partial charge in [-0.05, 0) is 37.0 Å². The summed E-state index contributed by atoms with van der Waals surface area (Å²) in [6, 6.07) is 7.55. The lowest BCUT2D eigenvalue weighted by Crippen LogP contribution is -2.00. The summed E-state index contributed by atoms with van der Waals surface area (Å²) in [5.41, 5.74) is 7.14. The average Bonchev–Trinajstić information content (AvgIpc) is 3.09. The van der Waals surface area contributed by atoms with Crippen LogP contribution in [0.1, 0.15) is 12.8 Å². The Morgan fingerprint density at radius 3 is 2.89 bits per heavy atom. The zero-order valence-electron chi connectivity index (χ0n) is 9.73. The average molecular weight is 309 g/mol. The fourth-order valence-electron chi connectivity index (χ4n) is 1.74. The number of nitrogens with two attached hydrogens (primary N) is 1. The summed E-state index contributed by atoms with van der Waals surface area (Å²) in [7, 11) is 0. The summed E-state index contributed by atoms with van der Waals surface area (Å²) in [6.07, 6.45) is 2.53. The van der Waals surface area contributed by atoms with Crippen LogP contribution in [0.2, 0.25) is 0 Å². The van der Waals surface area contributed by atoms with Crippen molar-refractivity contribution in [2.45, 2.75) is 12.8 Å². The van der Waals surface area contributed by atoms with Gasteiger partial charge in [0.1, 0.15) is 11.4 Å². The van der Waals surface area contributed by atoms with Gasteiger partial charge in [-0.2, -0.15) is 0 Å². The number of hydrogen-bond acceptors (Lipinski definition) is 4. The number of aromatic nitrogens is 1. The maximum atomic E-state index is 5.84. The van der Waals surface area contributed by atoms with Gasteiger partial charge in [0.15, 0.2) is 0 Å². The van der Waals surface area contributed by atoms with E-state index in [1.165, 1.54) is 12.8 Å². The van der Waals surface area contributed by atoms with E-state index in [2.05, 4.69) is 21.1 Å². The Morgan fingerprint density at radius 1 is 1.39 bits per heavy atom. The molecule has 1 aromatic carbocycles. The summed E-state index contributed by atoms with van der Waals surface area (Å²) < 4.78 is 11.7. The van der Waals surface area contributed by atoms with Crippen molar-refractivity contribution in [2.75, 3.05) is 12.3 Å². The van der Waals surface area contributed by atoms with Gasteiger partial charge in [-0.3, -0.25) is 0 Å². The quantitative estimate of drug-likeness (QED) is 0.939.